The van der Waals surface area contributed by atoms with Gasteiger partial charge in [-0.2, -0.15) is 0 Å². The van der Waals surface area contributed by atoms with E-state index in [0.29, 0.717) is 6.04 Å². The van der Waals surface area contributed by atoms with Gasteiger partial charge in [-0.3, -0.25) is 0 Å². The van der Waals surface area contributed by atoms with Gasteiger partial charge in [-0.25, -0.2) is 9.50 Å². The van der Waals surface area contributed by atoms with E-state index in [4.69, 9.17) is 5.10 Å². The first-order valence-corrected chi connectivity index (χ1v) is 9.49. The van der Waals surface area contributed by atoms with Crippen LogP contribution in [0.3, 0.4) is 0 Å². The van der Waals surface area contributed by atoms with Crippen molar-refractivity contribution in [1.29, 1.82) is 0 Å². The Morgan fingerprint density at radius 1 is 1.20 bits per heavy atom. The molecule has 25 heavy (non-hydrogen) atoms. The molecule has 0 saturated heterocycles. The summed E-state index contributed by atoms with van der Waals surface area (Å²) in [5, 5.41) is 18.8. The van der Waals surface area contributed by atoms with E-state index in [9.17, 15) is 5.11 Å². The van der Waals surface area contributed by atoms with Crippen LogP contribution in [0.1, 0.15) is 25.7 Å². The van der Waals surface area contributed by atoms with Crippen molar-refractivity contribution >= 4 is 27.1 Å². The van der Waals surface area contributed by atoms with Crippen LogP contribution in [0.5, 0.6) is 0 Å². The summed E-state index contributed by atoms with van der Waals surface area (Å²) < 4.78 is 1.92. The monoisotopic (exact) mass is 357 g/mol. The van der Waals surface area contributed by atoms with Crippen LogP contribution in [0, 0.1) is 0 Å². The van der Waals surface area contributed by atoms with Crippen LogP contribution in [0.25, 0.3) is 16.2 Å². The summed E-state index contributed by atoms with van der Waals surface area (Å²) in [5.41, 5.74) is 3.27. The Labute approximate surface area is 151 Å². The Hall–Kier alpha value is -2.12. The third-order valence-electron chi connectivity index (χ3n) is 4.77. The molecular weight excluding hydrogens is 334 g/mol. The molecule has 0 bridgehead atoms. The summed E-state index contributed by atoms with van der Waals surface area (Å²) in [6.07, 6.45) is 5.45. The van der Waals surface area contributed by atoms with Gasteiger partial charge in [-0.05, 0) is 31.7 Å². The van der Waals surface area contributed by atoms with Crippen molar-refractivity contribution in [2.45, 2.75) is 37.8 Å². The Bertz CT molecular complexity index is 863. The fraction of sp³-hybridized carbons (Fsp3) is 0.444. The Morgan fingerprint density at radius 3 is 2.72 bits per heavy atom. The molecule has 1 saturated carbocycles. The number of rotatable bonds is 4. The van der Waals surface area contributed by atoms with Crippen molar-refractivity contribution in [3.63, 3.8) is 0 Å². The maximum atomic E-state index is 9.65. The summed E-state index contributed by atoms with van der Waals surface area (Å²) in [4.78, 5) is 7.54. The second kappa shape index (κ2) is 6.65. The first-order chi connectivity index (χ1) is 12.1. The van der Waals surface area contributed by atoms with E-state index in [2.05, 4.69) is 27.3 Å². The number of aromatic nitrogens is 3. The van der Waals surface area contributed by atoms with Crippen LogP contribution in [-0.4, -0.2) is 45.9 Å². The number of nitrogens with one attached hydrogen (secondary N) is 1. The average molecular weight is 357 g/mol. The average Bonchev–Trinajstić information content (AvgIpc) is 3.17. The van der Waals surface area contributed by atoms with Crippen LogP contribution >= 0.6 is 11.3 Å². The molecule has 1 aliphatic carbocycles. The van der Waals surface area contributed by atoms with E-state index in [0.717, 1.165) is 52.7 Å². The van der Waals surface area contributed by atoms with Crippen LogP contribution in [-0.2, 0) is 0 Å². The molecule has 2 N–H and O–H groups in total. The lowest BCUT2D eigenvalue weighted by atomic mass is 9.93. The third-order valence-corrected chi connectivity index (χ3v) is 5.63. The lowest BCUT2D eigenvalue weighted by Gasteiger charge is -2.25. The van der Waals surface area contributed by atoms with Crippen molar-refractivity contribution in [1.82, 2.24) is 14.6 Å². The van der Waals surface area contributed by atoms with Gasteiger partial charge in [0.2, 0.25) is 10.1 Å². The van der Waals surface area contributed by atoms with E-state index in [1.165, 1.54) is 0 Å². The molecule has 1 aromatic carbocycles. The number of fused-ring (bicyclic) bond motifs is 1. The molecule has 4 rings (SSSR count). The van der Waals surface area contributed by atoms with Crippen molar-refractivity contribution < 1.29 is 5.11 Å². The molecular formula is C18H23N5OS. The van der Waals surface area contributed by atoms with E-state index in [1.807, 2.05) is 36.9 Å². The lowest BCUT2D eigenvalue weighted by Crippen LogP contribution is -2.28. The molecule has 1 fully saturated rings. The van der Waals surface area contributed by atoms with E-state index < -0.39 is 0 Å². The largest absolute Gasteiger partial charge is 0.393 e. The zero-order valence-corrected chi connectivity index (χ0v) is 15.3. The number of para-hydroxylation sites is 1. The van der Waals surface area contributed by atoms with Gasteiger partial charge in [0, 0.05) is 31.4 Å². The Kier molecular flexibility index (Phi) is 4.35. The third kappa shape index (κ3) is 3.21. The van der Waals surface area contributed by atoms with Crippen LogP contribution in [0.2, 0.25) is 0 Å². The Morgan fingerprint density at radius 2 is 1.96 bits per heavy atom. The first kappa shape index (κ1) is 16.4. The zero-order chi connectivity index (χ0) is 17.4. The second-order valence-electron chi connectivity index (χ2n) is 6.81. The van der Waals surface area contributed by atoms with Gasteiger partial charge < -0.3 is 15.3 Å². The molecule has 1 aliphatic rings. The van der Waals surface area contributed by atoms with Gasteiger partial charge in [0.15, 0.2) is 0 Å². The highest BCUT2D eigenvalue weighted by atomic mass is 32.1. The standard InChI is InChI=1S/C18H23N5OS/c1-22(2)15-6-4-3-5-14(15)16-11-19-18-23(16)21-17(25-18)20-12-7-9-13(24)10-8-12/h3-6,11-13,24H,7-10H2,1-2H3,(H,20,21). The summed E-state index contributed by atoms with van der Waals surface area (Å²) in [6.45, 7) is 0. The highest BCUT2D eigenvalue weighted by molar-refractivity contribution is 7.20. The molecule has 7 heteroatoms. The fourth-order valence-corrected chi connectivity index (χ4v) is 4.26. The summed E-state index contributed by atoms with van der Waals surface area (Å²) in [7, 11) is 4.09. The fourth-order valence-electron chi connectivity index (χ4n) is 3.41. The van der Waals surface area contributed by atoms with Gasteiger partial charge in [0.25, 0.3) is 0 Å². The number of aliphatic hydroxyl groups is 1. The number of nitrogens with zero attached hydrogens (tertiary/aromatic N) is 4. The van der Waals surface area contributed by atoms with Gasteiger partial charge >= 0.3 is 0 Å². The summed E-state index contributed by atoms with van der Waals surface area (Å²) in [6, 6.07) is 8.68. The van der Waals surface area contributed by atoms with Crippen molar-refractivity contribution in [3.05, 3.63) is 30.5 Å². The highest BCUT2D eigenvalue weighted by Crippen LogP contribution is 2.32. The number of imidazole rings is 1. The van der Waals surface area contributed by atoms with Crippen molar-refractivity contribution in [3.8, 4) is 11.3 Å². The molecule has 132 valence electrons. The van der Waals surface area contributed by atoms with Crippen LogP contribution < -0.4 is 10.2 Å². The molecule has 6 nitrogen and oxygen atoms in total. The van der Waals surface area contributed by atoms with E-state index >= 15 is 0 Å². The van der Waals surface area contributed by atoms with Crippen molar-refractivity contribution in [2.24, 2.45) is 0 Å². The van der Waals surface area contributed by atoms with Gasteiger partial charge in [0.05, 0.1) is 18.0 Å². The number of benzene rings is 1. The lowest BCUT2D eigenvalue weighted by molar-refractivity contribution is 0.126. The molecule has 2 aromatic heterocycles. The topological polar surface area (TPSA) is 65.7 Å². The zero-order valence-electron chi connectivity index (χ0n) is 14.5. The molecule has 2 heterocycles. The second-order valence-corrected chi connectivity index (χ2v) is 7.76. The minimum Gasteiger partial charge on any atom is -0.393 e. The van der Waals surface area contributed by atoms with Gasteiger partial charge in [-0.1, -0.05) is 29.5 Å². The molecule has 0 amide bonds. The first-order valence-electron chi connectivity index (χ1n) is 8.67. The minimum absolute atomic E-state index is 0.138. The van der Waals surface area contributed by atoms with Crippen molar-refractivity contribution in [2.75, 3.05) is 24.3 Å². The smallest absolute Gasteiger partial charge is 0.214 e. The summed E-state index contributed by atoms with van der Waals surface area (Å²) >= 11 is 1.57. The number of anilines is 2. The van der Waals surface area contributed by atoms with Crippen LogP contribution in [0.4, 0.5) is 10.8 Å². The quantitative estimate of drug-likeness (QED) is 0.750. The van der Waals surface area contributed by atoms with Gasteiger partial charge in [-0.15, -0.1) is 5.10 Å². The molecule has 0 aliphatic heterocycles. The number of hydrogen-bond acceptors (Lipinski definition) is 6. The van der Waals surface area contributed by atoms with E-state index in [-0.39, 0.29) is 6.10 Å². The predicted molar refractivity (Wildman–Crippen MR) is 103 cm³/mol. The molecule has 0 radical (unpaired) electrons. The SMILES string of the molecule is CN(C)c1ccccc1-c1cnc2sc(NC3CCC(O)CC3)nn12. The van der Waals surface area contributed by atoms with Gasteiger partial charge in [0.1, 0.15) is 0 Å². The predicted octanol–water partition coefficient (Wildman–Crippen LogP) is 3.24. The number of hydrogen-bond donors (Lipinski definition) is 2. The molecule has 0 unspecified atom stereocenters. The maximum Gasteiger partial charge on any atom is 0.214 e. The van der Waals surface area contributed by atoms with E-state index in [1.54, 1.807) is 11.3 Å². The molecule has 3 aromatic rings. The summed E-state index contributed by atoms with van der Waals surface area (Å²) in [5.74, 6) is 0. The Balaban J connectivity index is 1.63. The molecule has 0 spiro atoms. The molecule has 0 atom stereocenters. The minimum atomic E-state index is -0.138. The highest BCUT2D eigenvalue weighted by Gasteiger charge is 2.21. The maximum absolute atomic E-state index is 9.65. The number of aliphatic hydroxyl groups excluding tert-OH is 1. The van der Waals surface area contributed by atoms with Crippen LogP contribution in [0.15, 0.2) is 30.5 Å². The normalized spacial score (nSPS) is 20.8.